The number of furan rings is 1. The topological polar surface area (TPSA) is 81.3 Å². The van der Waals surface area contributed by atoms with E-state index in [0.29, 0.717) is 27.8 Å². The van der Waals surface area contributed by atoms with E-state index in [0.717, 1.165) is 21.9 Å². The predicted molar refractivity (Wildman–Crippen MR) is 127 cm³/mol. The number of esters is 1. The van der Waals surface area contributed by atoms with Crippen LogP contribution >= 0.6 is 22.7 Å². The maximum absolute atomic E-state index is 14.4. The number of carbonyl (C=O) groups is 2. The van der Waals surface area contributed by atoms with Crippen molar-refractivity contribution in [3.05, 3.63) is 81.0 Å². The third kappa shape index (κ3) is 4.15. The van der Waals surface area contributed by atoms with Crippen LogP contribution in [0, 0.1) is 5.82 Å². The first-order valence-corrected chi connectivity index (χ1v) is 12.1. The number of rotatable bonds is 7. The molecular formula is C24H19FN2O5S2. The number of methoxy groups -OCH3 is 1. The summed E-state index contributed by atoms with van der Waals surface area (Å²) in [5.74, 6) is -1.04. The molecule has 0 bridgehead atoms. The maximum atomic E-state index is 14.4. The third-order valence-corrected chi connectivity index (χ3v) is 7.50. The van der Waals surface area contributed by atoms with Crippen LogP contribution in [0.5, 0.6) is 0 Å². The van der Waals surface area contributed by atoms with E-state index in [9.17, 15) is 14.0 Å². The van der Waals surface area contributed by atoms with Gasteiger partial charge in [0.15, 0.2) is 6.61 Å². The molecule has 7 nitrogen and oxygen atoms in total. The van der Waals surface area contributed by atoms with E-state index in [-0.39, 0.29) is 11.5 Å². The van der Waals surface area contributed by atoms with Crippen LogP contribution < -0.4 is 0 Å². The Labute approximate surface area is 202 Å². The van der Waals surface area contributed by atoms with Crippen LogP contribution in [-0.4, -0.2) is 36.3 Å². The van der Waals surface area contributed by atoms with Crippen LogP contribution in [-0.2, 0) is 20.9 Å². The summed E-state index contributed by atoms with van der Waals surface area (Å²) in [6, 6.07) is 11.6. The Morgan fingerprint density at radius 3 is 2.85 bits per heavy atom. The lowest BCUT2D eigenvalue weighted by molar-refractivity contribution is -0.136. The minimum Gasteiger partial charge on any atom is -0.467 e. The molecule has 0 spiro atoms. The Kier molecular flexibility index (Phi) is 6.27. The maximum Gasteiger partial charge on any atom is 0.349 e. The van der Waals surface area contributed by atoms with E-state index < -0.39 is 30.3 Å². The molecule has 4 aromatic rings. The van der Waals surface area contributed by atoms with Gasteiger partial charge in [-0.25, -0.2) is 14.2 Å². The van der Waals surface area contributed by atoms with Crippen molar-refractivity contribution in [3.8, 4) is 0 Å². The molecular weight excluding hydrogens is 479 g/mol. The third-order valence-electron chi connectivity index (χ3n) is 5.41. The molecule has 5 rings (SSSR count). The number of hydrogen-bond acceptors (Lipinski definition) is 8. The van der Waals surface area contributed by atoms with Gasteiger partial charge in [-0.3, -0.25) is 4.79 Å². The highest BCUT2D eigenvalue weighted by Crippen LogP contribution is 2.36. The quantitative estimate of drug-likeness (QED) is 0.320. The van der Waals surface area contributed by atoms with Gasteiger partial charge in [-0.2, -0.15) is 5.10 Å². The molecule has 1 aliphatic rings. The normalized spacial score (nSPS) is 15.6. The number of carbonyl (C=O) groups excluding carboxylic acids is 2. The summed E-state index contributed by atoms with van der Waals surface area (Å²) in [6.45, 7) is -0.471. The number of nitrogens with zero attached hydrogens (tertiary/aromatic N) is 2. The molecule has 1 amide bonds. The van der Waals surface area contributed by atoms with Crippen molar-refractivity contribution < 1.29 is 27.9 Å². The Morgan fingerprint density at radius 1 is 1.24 bits per heavy atom. The molecule has 0 unspecified atom stereocenters. The molecule has 10 heteroatoms. The van der Waals surface area contributed by atoms with Crippen molar-refractivity contribution in [1.29, 1.82) is 0 Å². The molecule has 0 N–H and O–H groups in total. The largest absolute Gasteiger partial charge is 0.467 e. The summed E-state index contributed by atoms with van der Waals surface area (Å²) in [6.07, 6.45) is 2.03. The summed E-state index contributed by atoms with van der Waals surface area (Å²) < 4.78 is 31.1. The minimum atomic E-state index is -0.711. The van der Waals surface area contributed by atoms with Crippen LogP contribution in [0.15, 0.2) is 63.6 Å². The van der Waals surface area contributed by atoms with Crippen molar-refractivity contribution in [2.24, 2.45) is 5.10 Å². The average molecular weight is 499 g/mol. The SMILES string of the molecule is COCc1c(C(=O)OCC(=O)N2N=C(c3cccs3)C[C@H]2c2ccco2)sc2cccc(F)c12. The first-order valence-electron chi connectivity index (χ1n) is 10.4. The Hall–Kier alpha value is -3.34. The second kappa shape index (κ2) is 9.49. The Morgan fingerprint density at radius 2 is 2.12 bits per heavy atom. The molecule has 1 aromatic carbocycles. The van der Waals surface area contributed by atoms with E-state index in [1.54, 1.807) is 30.5 Å². The Balaban J connectivity index is 1.36. The number of thiophene rings is 2. The molecule has 1 atom stereocenters. The number of hydrazone groups is 1. The molecule has 34 heavy (non-hydrogen) atoms. The second-order valence-corrected chi connectivity index (χ2v) is 9.53. The van der Waals surface area contributed by atoms with Gasteiger partial charge in [-0.15, -0.1) is 22.7 Å². The first-order chi connectivity index (χ1) is 16.6. The Bertz CT molecular complexity index is 1360. The van der Waals surface area contributed by atoms with Crippen LogP contribution in [0.4, 0.5) is 4.39 Å². The van der Waals surface area contributed by atoms with Crippen molar-refractivity contribution >= 4 is 50.3 Å². The van der Waals surface area contributed by atoms with Gasteiger partial charge >= 0.3 is 5.97 Å². The van der Waals surface area contributed by atoms with Crippen LogP contribution in [0.1, 0.15) is 38.3 Å². The van der Waals surface area contributed by atoms with Gasteiger partial charge in [-0.05, 0) is 35.7 Å². The van der Waals surface area contributed by atoms with Gasteiger partial charge in [0.25, 0.3) is 5.91 Å². The van der Waals surface area contributed by atoms with Gasteiger partial charge in [-0.1, -0.05) is 12.1 Å². The molecule has 174 valence electrons. The number of fused-ring (bicyclic) bond motifs is 1. The van der Waals surface area contributed by atoms with Crippen molar-refractivity contribution in [3.63, 3.8) is 0 Å². The monoisotopic (exact) mass is 498 g/mol. The fourth-order valence-corrected chi connectivity index (χ4v) is 5.74. The highest BCUT2D eigenvalue weighted by Gasteiger charge is 2.35. The lowest BCUT2D eigenvalue weighted by Gasteiger charge is -2.19. The molecule has 0 fully saturated rings. The molecule has 0 aliphatic carbocycles. The molecule has 0 saturated carbocycles. The minimum absolute atomic E-state index is 0.0421. The lowest BCUT2D eigenvalue weighted by Crippen LogP contribution is -2.31. The number of halogens is 1. The number of amides is 1. The average Bonchev–Trinajstić information content (AvgIpc) is 3.63. The van der Waals surface area contributed by atoms with Crippen LogP contribution in [0.3, 0.4) is 0 Å². The lowest BCUT2D eigenvalue weighted by atomic mass is 10.1. The molecule has 3 aromatic heterocycles. The number of hydrogen-bond donors (Lipinski definition) is 0. The van der Waals surface area contributed by atoms with Crippen molar-refractivity contribution in [2.75, 3.05) is 13.7 Å². The second-order valence-electron chi connectivity index (χ2n) is 7.53. The molecule has 0 saturated heterocycles. The van der Waals surface area contributed by atoms with E-state index in [1.807, 2.05) is 17.5 Å². The van der Waals surface area contributed by atoms with E-state index in [1.165, 1.54) is 29.5 Å². The molecule has 4 heterocycles. The summed E-state index contributed by atoms with van der Waals surface area (Å²) in [5.41, 5.74) is 1.17. The zero-order chi connectivity index (χ0) is 23.7. The van der Waals surface area contributed by atoms with Crippen LogP contribution in [0.25, 0.3) is 10.1 Å². The van der Waals surface area contributed by atoms with E-state index in [4.69, 9.17) is 13.9 Å². The van der Waals surface area contributed by atoms with Crippen LogP contribution in [0.2, 0.25) is 0 Å². The fraction of sp³-hybridized carbons (Fsp3) is 0.208. The fourth-order valence-electron chi connectivity index (χ4n) is 3.91. The molecule has 0 radical (unpaired) electrons. The number of ether oxygens (including phenoxy) is 2. The summed E-state index contributed by atoms with van der Waals surface area (Å²) in [5, 5.41) is 8.08. The van der Waals surface area contributed by atoms with Crippen molar-refractivity contribution in [2.45, 2.75) is 19.1 Å². The van der Waals surface area contributed by atoms with Gasteiger partial charge < -0.3 is 13.9 Å². The zero-order valence-electron chi connectivity index (χ0n) is 18.0. The van der Waals surface area contributed by atoms with E-state index >= 15 is 0 Å². The first kappa shape index (κ1) is 22.5. The summed E-state index contributed by atoms with van der Waals surface area (Å²) in [4.78, 5) is 27.1. The summed E-state index contributed by atoms with van der Waals surface area (Å²) in [7, 11) is 1.47. The highest BCUT2D eigenvalue weighted by molar-refractivity contribution is 7.21. The number of benzene rings is 1. The van der Waals surface area contributed by atoms with Gasteiger partial charge in [0.2, 0.25) is 0 Å². The van der Waals surface area contributed by atoms with Gasteiger partial charge in [0.05, 0.1) is 23.5 Å². The zero-order valence-corrected chi connectivity index (χ0v) is 19.7. The van der Waals surface area contributed by atoms with Gasteiger partial charge in [0, 0.05) is 29.2 Å². The summed E-state index contributed by atoms with van der Waals surface area (Å²) >= 11 is 2.64. The van der Waals surface area contributed by atoms with Crippen molar-refractivity contribution in [1.82, 2.24) is 5.01 Å². The predicted octanol–water partition coefficient (Wildman–Crippen LogP) is 5.38. The van der Waals surface area contributed by atoms with E-state index in [2.05, 4.69) is 5.10 Å². The standard InChI is InChI=1S/C24H19FN2O5S2/c1-30-12-14-22-15(25)5-2-7-20(22)34-23(14)24(29)32-13-21(28)27-17(18-6-3-9-31-18)11-16(26-27)19-8-4-10-33-19/h2-10,17H,11-13H2,1H3/t17-/m0/s1. The highest BCUT2D eigenvalue weighted by atomic mass is 32.1. The smallest absolute Gasteiger partial charge is 0.349 e. The molecule has 1 aliphatic heterocycles. The van der Waals surface area contributed by atoms with Gasteiger partial charge in [0.1, 0.15) is 22.5 Å².